The maximum atomic E-state index is 12.1. The molecule has 0 N–H and O–H groups in total. The number of aldehydes is 1. The number of carbonyl (C=O) groups excluding carboxylic acids is 2. The third kappa shape index (κ3) is 5.15. The Morgan fingerprint density at radius 2 is 1.72 bits per heavy atom. The predicted octanol–water partition coefficient (Wildman–Crippen LogP) is 4.99. The molecule has 0 heterocycles. The molecule has 0 fully saturated rings. The molecule has 0 spiro atoms. The van der Waals surface area contributed by atoms with E-state index in [0.717, 1.165) is 42.2 Å². The zero-order valence-corrected chi connectivity index (χ0v) is 14.8. The molecule has 0 amide bonds. The molecular formula is C22H24O3. The summed E-state index contributed by atoms with van der Waals surface area (Å²) in [5.74, 6) is -0.417. The van der Waals surface area contributed by atoms with Crippen LogP contribution in [-0.4, -0.2) is 18.9 Å². The Bertz CT molecular complexity index is 745. The molecule has 2 rings (SSSR count). The van der Waals surface area contributed by atoms with Crippen molar-refractivity contribution in [2.45, 2.75) is 33.1 Å². The summed E-state index contributed by atoms with van der Waals surface area (Å²) in [6.07, 6.45) is 3.62. The van der Waals surface area contributed by atoms with E-state index in [4.69, 9.17) is 4.74 Å². The molecule has 0 aliphatic rings. The number of esters is 1. The van der Waals surface area contributed by atoms with E-state index >= 15 is 0 Å². The first-order valence-electron chi connectivity index (χ1n) is 8.62. The smallest absolute Gasteiger partial charge is 0.338 e. The van der Waals surface area contributed by atoms with Crippen molar-refractivity contribution in [2.75, 3.05) is 6.61 Å². The van der Waals surface area contributed by atoms with Crippen molar-refractivity contribution in [2.24, 2.45) is 0 Å². The molecule has 3 nitrogen and oxygen atoms in total. The quantitative estimate of drug-likeness (QED) is 0.387. The van der Waals surface area contributed by atoms with E-state index in [9.17, 15) is 9.59 Å². The van der Waals surface area contributed by atoms with E-state index in [1.807, 2.05) is 37.3 Å². The first kappa shape index (κ1) is 18.7. The molecule has 130 valence electrons. The van der Waals surface area contributed by atoms with Gasteiger partial charge in [-0.25, -0.2) is 4.79 Å². The van der Waals surface area contributed by atoms with Crippen molar-refractivity contribution in [3.05, 3.63) is 76.9 Å². The summed E-state index contributed by atoms with van der Waals surface area (Å²) < 4.78 is 5.38. The van der Waals surface area contributed by atoms with Gasteiger partial charge in [0.1, 0.15) is 12.9 Å². The largest absolute Gasteiger partial charge is 0.457 e. The third-order valence-electron chi connectivity index (χ3n) is 4.15. The summed E-state index contributed by atoms with van der Waals surface area (Å²) in [7, 11) is 0. The van der Waals surface area contributed by atoms with E-state index < -0.39 is 5.97 Å². The fraction of sp³-hybridized carbons (Fsp3) is 0.273. The van der Waals surface area contributed by atoms with Gasteiger partial charge in [0.25, 0.3) is 0 Å². The minimum atomic E-state index is -0.417. The van der Waals surface area contributed by atoms with Gasteiger partial charge in [-0.15, -0.1) is 0 Å². The van der Waals surface area contributed by atoms with Crippen molar-refractivity contribution < 1.29 is 14.3 Å². The lowest BCUT2D eigenvalue weighted by Crippen LogP contribution is -2.10. The number of rotatable bonds is 8. The summed E-state index contributed by atoms with van der Waals surface area (Å²) >= 11 is 0. The van der Waals surface area contributed by atoms with Gasteiger partial charge in [0.15, 0.2) is 0 Å². The summed E-state index contributed by atoms with van der Waals surface area (Å²) in [5, 5.41) is 0. The van der Waals surface area contributed by atoms with Gasteiger partial charge in [-0.3, -0.25) is 4.79 Å². The van der Waals surface area contributed by atoms with Gasteiger partial charge in [0.05, 0.1) is 5.56 Å². The fourth-order valence-electron chi connectivity index (χ4n) is 2.73. The minimum Gasteiger partial charge on any atom is -0.457 e. The number of benzene rings is 2. The Kier molecular flexibility index (Phi) is 7.15. The van der Waals surface area contributed by atoms with Crippen LogP contribution in [0.15, 0.2) is 60.2 Å². The van der Waals surface area contributed by atoms with Crippen LogP contribution in [0.4, 0.5) is 0 Å². The van der Waals surface area contributed by atoms with E-state index in [2.05, 4.69) is 6.92 Å². The average molecular weight is 336 g/mol. The van der Waals surface area contributed by atoms with Gasteiger partial charge in [-0.1, -0.05) is 55.8 Å². The van der Waals surface area contributed by atoms with Crippen LogP contribution in [0.3, 0.4) is 0 Å². The molecule has 25 heavy (non-hydrogen) atoms. The number of unbranched alkanes of at least 4 members (excludes halogenated alkanes) is 1. The molecule has 0 atom stereocenters. The molecule has 0 radical (unpaired) electrons. The minimum absolute atomic E-state index is 0.00932. The van der Waals surface area contributed by atoms with Gasteiger partial charge >= 0.3 is 5.97 Å². The Hall–Kier alpha value is -2.68. The highest BCUT2D eigenvalue weighted by Crippen LogP contribution is 2.27. The SMILES string of the molecule is CCCC/C(=C(/C=O)COC(=O)c1ccccc1)c1ccccc1C. The summed E-state index contributed by atoms with van der Waals surface area (Å²) in [6, 6.07) is 16.8. The second-order valence-corrected chi connectivity index (χ2v) is 5.98. The molecule has 0 saturated carbocycles. The lowest BCUT2D eigenvalue weighted by atomic mass is 9.92. The van der Waals surface area contributed by atoms with Crippen molar-refractivity contribution in [1.29, 1.82) is 0 Å². The highest BCUT2D eigenvalue weighted by Gasteiger charge is 2.14. The standard InChI is InChI=1S/C22H24O3/c1-3-4-13-21(20-14-9-8-10-17(20)2)19(15-23)16-25-22(24)18-11-6-5-7-12-18/h5-12,14-15H,3-4,13,16H2,1-2H3/b21-19+. The molecular weight excluding hydrogens is 312 g/mol. The Labute approximate surface area is 149 Å². The van der Waals surface area contributed by atoms with Gasteiger partial charge in [-0.2, -0.15) is 0 Å². The summed E-state index contributed by atoms with van der Waals surface area (Å²) in [6.45, 7) is 4.13. The zero-order chi connectivity index (χ0) is 18.1. The monoisotopic (exact) mass is 336 g/mol. The molecule has 2 aromatic rings. The lowest BCUT2D eigenvalue weighted by molar-refractivity contribution is -0.105. The molecule has 0 aliphatic heterocycles. The number of hydrogen-bond donors (Lipinski definition) is 0. The highest BCUT2D eigenvalue weighted by molar-refractivity contribution is 5.92. The molecule has 0 bridgehead atoms. The van der Waals surface area contributed by atoms with Gasteiger partial charge in [0.2, 0.25) is 0 Å². The number of aryl methyl sites for hydroxylation is 1. The van der Waals surface area contributed by atoms with Crippen LogP contribution >= 0.6 is 0 Å². The van der Waals surface area contributed by atoms with E-state index in [1.165, 1.54) is 0 Å². The molecule has 2 aromatic carbocycles. The zero-order valence-electron chi connectivity index (χ0n) is 14.8. The van der Waals surface area contributed by atoms with Crippen LogP contribution in [0.5, 0.6) is 0 Å². The van der Waals surface area contributed by atoms with E-state index in [1.54, 1.807) is 24.3 Å². The van der Waals surface area contributed by atoms with Crippen molar-refractivity contribution in [3.8, 4) is 0 Å². The highest BCUT2D eigenvalue weighted by atomic mass is 16.5. The van der Waals surface area contributed by atoms with Crippen LogP contribution < -0.4 is 0 Å². The van der Waals surface area contributed by atoms with Crippen molar-refractivity contribution >= 4 is 17.8 Å². The molecule has 0 saturated heterocycles. The topological polar surface area (TPSA) is 43.4 Å². The number of allylic oxidation sites excluding steroid dienone is 1. The first-order valence-corrected chi connectivity index (χ1v) is 8.62. The van der Waals surface area contributed by atoms with Crippen LogP contribution in [0.25, 0.3) is 5.57 Å². The maximum absolute atomic E-state index is 12.1. The van der Waals surface area contributed by atoms with Crippen LogP contribution in [-0.2, 0) is 9.53 Å². The van der Waals surface area contributed by atoms with Crippen LogP contribution in [0, 0.1) is 6.92 Å². The first-order chi connectivity index (χ1) is 12.2. The van der Waals surface area contributed by atoms with Gasteiger partial charge in [0, 0.05) is 5.57 Å². The fourth-order valence-corrected chi connectivity index (χ4v) is 2.73. The Morgan fingerprint density at radius 3 is 2.36 bits per heavy atom. The predicted molar refractivity (Wildman–Crippen MR) is 100 cm³/mol. The summed E-state index contributed by atoms with van der Waals surface area (Å²) in [5.41, 5.74) is 4.15. The molecule has 0 unspecified atom stereocenters. The number of carbonyl (C=O) groups is 2. The second kappa shape index (κ2) is 9.58. The summed E-state index contributed by atoms with van der Waals surface area (Å²) in [4.78, 5) is 23.8. The number of hydrogen-bond acceptors (Lipinski definition) is 3. The Morgan fingerprint density at radius 1 is 1.04 bits per heavy atom. The average Bonchev–Trinajstić information content (AvgIpc) is 2.65. The van der Waals surface area contributed by atoms with Crippen LogP contribution in [0.1, 0.15) is 47.7 Å². The number of ether oxygens (including phenoxy) is 1. The van der Waals surface area contributed by atoms with Gasteiger partial charge < -0.3 is 4.74 Å². The third-order valence-corrected chi connectivity index (χ3v) is 4.15. The lowest BCUT2D eigenvalue weighted by Gasteiger charge is -2.14. The normalized spacial score (nSPS) is 11.6. The Balaban J connectivity index is 2.26. The molecule has 0 aromatic heterocycles. The molecule has 0 aliphatic carbocycles. The van der Waals surface area contributed by atoms with Crippen LogP contribution in [0.2, 0.25) is 0 Å². The van der Waals surface area contributed by atoms with Crippen molar-refractivity contribution in [1.82, 2.24) is 0 Å². The maximum Gasteiger partial charge on any atom is 0.338 e. The van der Waals surface area contributed by atoms with E-state index in [-0.39, 0.29) is 6.61 Å². The van der Waals surface area contributed by atoms with E-state index in [0.29, 0.717) is 11.1 Å². The second-order valence-electron chi connectivity index (χ2n) is 5.98. The van der Waals surface area contributed by atoms with Crippen molar-refractivity contribution in [3.63, 3.8) is 0 Å². The van der Waals surface area contributed by atoms with Gasteiger partial charge in [-0.05, 0) is 48.6 Å². The molecule has 3 heteroatoms.